The molecule has 0 bridgehead atoms. The summed E-state index contributed by atoms with van der Waals surface area (Å²) in [6, 6.07) is 0. The molecule has 0 saturated heterocycles. The zero-order valence-electron chi connectivity index (χ0n) is 17.2. The summed E-state index contributed by atoms with van der Waals surface area (Å²) < 4.78 is 0.715. The standard InChI is InChI=1S/C22H43N2O/c1-4-6-7-8-9-10-11-12-13-14-15-16-17-18-22-23-19-20-24(22,5-2)21(3)25/h7-8,21,25H,4-6,9-20H2,1-3H3/q+1/b8-7+. The Morgan fingerprint density at radius 1 is 0.960 bits per heavy atom. The second-order valence-electron chi connectivity index (χ2n) is 7.63. The van der Waals surface area contributed by atoms with Gasteiger partial charge in [-0.15, -0.1) is 0 Å². The van der Waals surface area contributed by atoms with Crippen molar-refractivity contribution in [3.05, 3.63) is 12.2 Å². The van der Waals surface area contributed by atoms with Gasteiger partial charge in [-0.3, -0.25) is 4.48 Å². The minimum absolute atomic E-state index is 0.317. The van der Waals surface area contributed by atoms with Gasteiger partial charge < -0.3 is 5.11 Å². The number of likely N-dealkylation sites (N-methyl/N-ethyl adjacent to an activating group) is 1. The molecule has 1 aliphatic heterocycles. The molecule has 3 nitrogen and oxygen atoms in total. The molecule has 3 heteroatoms. The molecule has 1 rings (SSSR count). The van der Waals surface area contributed by atoms with Crippen LogP contribution in [0.5, 0.6) is 0 Å². The lowest BCUT2D eigenvalue weighted by molar-refractivity contribution is -0.882. The average Bonchev–Trinajstić information content (AvgIpc) is 3.03. The van der Waals surface area contributed by atoms with Crippen LogP contribution in [0, 0.1) is 0 Å². The van der Waals surface area contributed by atoms with Crippen molar-refractivity contribution in [1.29, 1.82) is 0 Å². The maximum absolute atomic E-state index is 10.2. The molecule has 0 fully saturated rings. The fourth-order valence-corrected chi connectivity index (χ4v) is 3.94. The molecule has 146 valence electrons. The maximum atomic E-state index is 10.2. The van der Waals surface area contributed by atoms with Gasteiger partial charge in [-0.2, -0.15) is 0 Å². The van der Waals surface area contributed by atoms with Crippen LogP contribution in [0.4, 0.5) is 0 Å². The topological polar surface area (TPSA) is 32.6 Å². The Balaban J connectivity index is 1.99. The molecule has 1 heterocycles. The van der Waals surface area contributed by atoms with Gasteiger partial charge in [0.05, 0.1) is 13.1 Å². The van der Waals surface area contributed by atoms with E-state index in [1.165, 1.54) is 76.5 Å². The number of hydrogen-bond acceptors (Lipinski definition) is 2. The first kappa shape index (κ1) is 22.4. The van der Waals surface area contributed by atoms with Gasteiger partial charge in [-0.1, -0.05) is 64.0 Å². The van der Waals surface area contributed by atoms with E-state index in [9.17, 15) is 5.11 Å². The maximum Gasteiger partial charge on any atom is 0.200 e. The van der Waals surface area contributed by atoms with E-state index >= 15 is 0 Å². The summed E-state index contributed by atoms with van der Waals surface area (Å²) in [6.45, 7) is 9.16. The van der Waals surface area contributed by atoms with E-state index in [0.717, 1.165) is 26.1 Å². The Labute approximate surface area is 156 Å². The molecular formula is C22H43N2O+. The molecular weight excluding hydrogens is 308 g/mol. The minimum Gasteiger partial charge on any atom is -0.345 e. The SMILES string of the molecule is CCC/C=C/CCCCCCCCCCC1=NCC[N+]1(CC)C(C)O. The summed E-state index contributed by atoms with van der Waals surface area (Å²) in [5, 5.41) is 10.2. The Morgan fingerprint density at radius 3 is 2.16 bits per heavy atom. The second-order valence-corrected chi connectivity index (χ2v) is 7.63. The predicted octanol–water partition coefficient (Wildman–Crippen LogP) is 5.83. The number of nitrogens with zero attached hydrogens (tertiary/aromatic N) is 2. The fraction of sp³-hybridized carbons (Fsp3) is 0.864. The average molecular weight is 352 g/mol. The molecule has 0 aromatic carbocycles. The molecule has 0 aromatic heterocycles. The Hall–Kier alpha value is -0.670. The Bertz CT molecular complexity index is 389. The summed E-state index contributed by atoms with van der Waals surface area (Å²) in [5.41, 5.74) is 0. The summed E-state index contributed by atoms with van der Waals surface area (Å²) >= 11 is 0. The molecule has 1 N–H and O–H groups in total. The van der Waals surface area contributed by atoms with Crippen molar-refractivity contribution in [3.63, 3.8) is 0 Å². The fourth-order valence-electron chi connectivity index (χ4n) is 3.94. The summed E-state index contributed by atoms with van der Waals surface area (Å²) in [7, 11) is 0. The van der Waals surface area contributed by atoms with Gasteiger partial charge in [0.25, 0.3) is 0 Å². The highest BCUT2D eigenvalue weighted by Gasteiger charge is 2.40. The third kappa shape index (κ3) is 8.04. The predicted molar refractivity (Wildman–Crippen MR) is 110 cm³/mol. The number of rotatable bonds is 15. The molecule has 0 saturated carbocycles. The third-order valence-corrected chi connectivity index (χ3v) is 5.73. The van der Waals surface area contributed by atoms with Crippen molar-refractivity contribution in [1.82, 2.24) is 0 Å². The highest BCUT2D eigenvalue weighted by molar-refractivity contribution is 5.76. The largest absolute Gasteiger partial charge is 0.345 e. The lowest BCUT2D eigenvalue weighted by Gasteiger charge is -2.36. The van der Waals surface area contributed by atoms with Crippen molar-refractivity contribution < 1.29 is 9.59 Å². The second kappa shape index (κ2) is 13.5. The van der Waals surface area contributed by atoms with Crippen LogP contribution in [-0.2, 0) is 0 Å². The van der Waals surface area contributed by atoms with Gasteiger partial charge in [0.15, 0.2) is 6.23 Å². The third-order valence-electron chi connectivity index (χ3n) is 5.73. The molecule has 1 aliphatic rings. The van der Waals surface area contributed by atoms with Gasteiger partial charge >= 0.3 is 0 Å². The molecule has 2 atom stereocenters. The van der Waals surface area contributed by atoms with Crippen LogP contribution in [-0.4, -0.2) is 41.3 Å². The van der Waals surface area contributed by atoms with Crippen molar-refractivity contribution in [2.75, 3.05) is 19.6 Å². The zero-order chi connectivity index (χ0) is 18.4. The molecule has 0 aliphatic carbocycles. The summed E-state index contributed by atoms with van der Waals surface area (Å²) in [6.07, 6.45) is 20.0. The first-order valence-electron chi connectivity index (χ1n) is 10.9. The Morgan fingerprint density at radius 2 is 1.56 bits per heavy atom. The quantitative estimate of drug-likeness (QED) is 0.225. The van der Waals surface area contributed by atoms with E-state index in [1.807, 2.05) is 6.92 Å². The van der Waals surface area contributed by atoms with E-state index in [-0.39, 0.29) is 6.23 Å². The van der Waals surface area contributed by atoms with Gasteiger partial charge in [0.2, 0.25) is 5.84 Å². The number of allylic oxidation sites excluding steroid dienone is 2. The first-order chi connectivity index (χ1) is 12.2. The minimum atomic E-state index is -0.317. The van der Waals surface area contributed by atoms with Crippen LogP contribution in [0.3, 0.4) is 0 Å². The summed E-state index contributed by atoms with van der Waals surface area (Å²) in [5.74, 6) is 1.24. The van der Waals surface area contributed by atoms with Crippen molar-refractivity contribution in [3.8, 4) is 0 Å². The van der Waals surface area contributed by atoms with Gasteiger partial charge in [-0.25, -0.2) is 4.99 Å². The monoisotopic (exact) mass is 351 g/mol. The van der Waals surface area contributed by atoms with E-state index in [4.69, 9.17) is 4.99 Å². The Kier molecular flexibility index (Phi) is 12.1. The highest BCUT2D eigenvalue weighted by atomic mass is 16.3. The van der Waals surface area contributed by atoms with Crippen molar-refractivity contribution in [2.24, 2.45) is 4.99 Å². The number of amidine groups is 1. The molecule has 0 spiro atoms. The molecule has 2 unspecified atom stereocenters. The lowest BCUT2D eigenvalue weighted by atomic mass is 10.1. The van der Waals surface area contributed by atoms with Gasteiger partial charge in [0.1, 0.15) is 6.54 Å². The number of aliphatic imine (C=N–C) groups is 1. The van der Waals surface area contributed by atoms with Crippen LogP contribution in [0.25, 0.3) is 0 Å². The smallest absolute Gasteiger partial charge is 0.200 e. The number of aliphatic hydroxyl groups excluding tert-OH is 1. The van der Waals surface area contributed by atoms with E-state index in [0.29, 0.717) is 4.48 Å². The van der Waals surface area contributed by atoms with E-state index in [2.05, 4.69) is 26.0 Å². The highest BCUT2D eigenvalue weighted by Crippen LogP contribution is 2.23. The van der Waals surface area contributed by atoms with Crippen LogP contribution >= 0.6 is 0 Å². The van der Waals surface area contributed by atoms with Crippen LogP contribution < -0.4 is 0 Å². The van der Waals surface area contributed by atoms with Crippen LogP contribution in [0.2, 0.25) is 0 Å². The molecule has 0 aromatic rings. The number of aliphatic hydroxyl groups is 1. The normalized spacial score (nSPS) is 21.8. The molecule has 0 radical (unpaired) electrons. The number of unbranched alkanes of at least 4 members (excludes halogenated alkanes) is 9. The first-order valence-corrected chi connectivity index (χ1v) is 10.9. The summed E-state index contributed by atoms with van der Waals surface area (Å²) in [4.78, 5) is 4.70. The zero-order valence-corrected chi connectivity index (χ0v) is 17.2. The molecule has 0 amide bonds. The molecule has 25 heavy (non-hydrogen) atoms. The lowest BCUT2D eigenvalue weighted by Crippen LogP contribution is -2.56. The van der Waals surface area contributed by atoms with Crippen molar-refractivity contribution >= 4 is 5.84 Å². The van der Waals surface area contributed by atoms with Crippen molar-refractivity contribution in [2.45, 2.75) is 104 Å². The number of quaternary nitrogens is 1. The van der Waals surface area contributed by atoms with E-state index < -0.39 is 0 Å². The van der Waals surface area contributed by atoms with Crippen LogP contribution in [0.15, 0.2) is 17.1 Å². The number of hydrogen-bond donors (Lipinski definition) is 1. The van der Waals surface area contributed by atoms with Gasteiger partial charge in [-0.05, 0) is 32.6 Å². The van der Waals surface area contributed by atoms with Gasteiger partial charge in [0, 0.05) is 13.3 Å². The van der Waals surface area contributed by atoms with E-state index in [1.54, 1.807) is 0 Å². The van der Waals surface area contributed by atoms with Crippen LogP contribution in [0.1, 0.15) is 97.8 Å².